The fraction of sp³-hybridized carbons (Fsp3) is 0.600. The Labute approximate surface area is 155 Å². The number of nitrogens with zero attached hydrogens (tertiary/aromatic N) is 2. The third-order valence-corrected chi connectivity index (χ3v) is 5.55. The van der Waals surface area contributed by atoms with Crippen LogP contribution < -0.4 is 10.1 Å². The van der Waals surface area contributed by atoms with Crippen LogP contribution in [0.1, 0.15) is 43.0 Å². The Kier molecular flexibility index (Phi) is 6.14. The van der Waals surface area contributed by atoms with Crippen molar-refractivity contribution < 1.29 is 14.3 Å². The molecule has 0 radical (unpaired) electrons. The molecule has 0 bridgehead atoms. The summed E-state index contributed by atoms with van der Waals surface area (Å²) in [6.45, 7) is 4.67. The molecular weight excluding hydrogens is 330 g/mol. The summed E-state index contributed by atoms with van der Waals surface area (Å²) in [7, 11) is 1.60. The minimum Gasteiger partial charge on any atom is -0.497 e. The molecule has 6 heteroatoms. The van der Waals surface area contributed by atoms with E-state index < -0.39 is 0 Å². The lowest BCUT2D eigenvalue weighted by molar-refractivity contribution is -0.127. The molecule has 0 aromatic heterocycles. The minimum absolute atomic E-state index is 0.0200. The number of carbonyl (C=O) groups is 2. The molecule has 1 aromatic rings. The van der Waals surface area contributed by atoms with E-state index in [0.717, 1.165) is 25.9 Å². The van der Waals surface area contributed by atoms with Gasteiger partial charge in [-0.15, -0.1) is 0 Å². The molecule has 1 N–H and O–H groups in total. The smallest absolute Gasteiger partial charge is 0.254 e. The number of nitrogens with one attached hydrogen (secondary N) is 1. The number of carbonyl (C=O) groups excluding carboxylic acids is 2. The van der Waals surface area contributed by atoms with Gasteiger partial charge in [-0.1, -0.05) is 18.9 Å². The number of piperazine rings is 1. The van der Waals surface area contributed by atoms with Gasteiger partial charge in [-0.05, 0) is 38.0 Å². The topological polar surface area (TPSA) is 61.9 Å². The van der Waals surface area contributed by atoms with E-state index in [9.17, 15) is 9.59 Å². The summed E-state index contributed by atoms with van der Waals surface area (Å²) in [6, 6.07) is 7.45. The van der Waals surface area contributed by atoms with Crippen LogP contribution in [0.5, 0.6) is 5.75 Å². The lowest BCUT2D eigenvalue weighted by Crippen LogP contribution is -2.55. The van der Waals surface area contributed by atoms with E-state index >= 15 is 0 Å². The van der Waals surface area contributed by atoms with Crippen LogP contribution in [-0.4, -0.2) is 67.0 Å². The predicted octanol–water partition coefficient (Wildman–Crippen LogP) is 1.90. The summed E-state index contributed by atoms with van der Waals surface area (Å²) < 4.78 is 5.20. The maximum atomic E-state index is 12.7. The molecule has 6 nitrogen and oxygen atoms in total. The number of amides is 2. The predicted molar refractivity (Wildman–Crippen MR) is 100 cm³/mol. The molecule has 1 heterocycles. The molecular formula is C20H29N3O3. The summed E-state index contributed by atoms with van der Waals surface area (Å²) in [6.07, 6.45) is 4.62. The Morgan fingerprint density at radius 2 is 1.85 bits per heavy atom. The van der Waals surface area contributed by atoms with Crippen molar-refractivity contribution in [1.29, 1.82) is 0 Å². The van der Waals surface area contributed by atoms with E-state index in [-0.39, 0.29) is 17.9 Å². The highest BCUT2D eigenvalue weighted by molar-refractivity contribution is 5.94. The van der Waals surface area contributed by atoms with Gasteiger partial charge < -0.3 is 15.0 Å². The Balaban J connectivity index is 1.51. The first-order valence-corrected chi connectivity index (χ1v) is 9.56. The molecule has 1 saturated carbocycles. The Hall–Kier alpha value is -2.08. The van der Waals surface area contributed by atoms with E-state index in [1.54, 1.807) is 13.2 Å². The maximum absolute atomic E-state index is 12.7. The molecule has 1 saturated heterocycles. The van der Waals surface area contributed by atoms with Crippen molar-refractivity contribution in [3.05, 3.63) is 29.8 Å². The monoisotopic (exact) mass is 359 g/mol. The summed E-state index contributed by atoms with van der Waals surface area (Å²) >= 11 is 0. The van der Waals surface area contributed by atoms with Crippen molar-refractivity contribution in [1.82, 2.24) is 15.1 Å². The highest BCUT2D eigenvalue weighted by Crippen LogP contribution is 2.19. The van der Waals surface area contributed by atoms with Gasteiger partial charge in [-0.2, -0.15) is 0 Å². The number of rotatable bonds is 5. The number of ether oxygens (including phenoxy) is 1. The average Bonchev–Trinajstić information content (AvgIpc) is 3.20. The molecule has 0 spiro atoms. The highest BCUT2D eigenvalue weighted by Gasteiger charge is 2.29. The standard InChI is InChI=1S/C20H29N3O3/c1-15(19(24)21-17-7-3-4-8-17)22-10-12-23(13-11-22)20(25)16-6-5-9-18(14-16)26-2/h5-6,9,14-15,17H,3-4,7-8,10-13H2,1-2H3,(H,21,24). The van der Waals surface area contributed by atoms with Crippen LogP contribution in [0.15, 0.2) is 24.3 Å². The number of benzene rings is 1. The van der Waals surface area contributed by atoms with Gasteiger partial charge in [0, 0.05) is 37.8 Å². The van der Waals surface area contributed by atoms with Crippen LogP contribution in [-0.2, 0) is 4.79 Å². The third-order valence-electron chi connectivity index (χ3n) is 5.55. The van der Waals surface area contributed by atoms with Gasteiger partial charge in [0.05, 0.1) is 13.2 Å². The maximum Gasteiger partial charge on any atom is 0.254 e. The van der Waals surface area contributed by atoms with E-state index in [4.69, 9.17) is 4.74 Å². The van der Waals surface area contributed by atoms with Crippen LogP contribution in [0.4, 0.5) is 0 Å². The fourth-order valence-corrected chi connectivity index (χ4v) is 3.81. The zero-order valence-electron chi connectivity index (χ0n) is 15.7. The van der Waals surface area contributed by atoms with E-state index in [2.05, 4.69) is 10.2 Å². The molecule has 2 aliphatic rings. The van der Waals surface area contributed by atoms with Crippen LogP contribution >= 0.6 is 0 Å². The molecule has 2 amide bonds. The van der Waals surface area contributed by atoms with Crippen molar-refractivity contribution in [2.24, 2.45) is 0 Å². The number of hydrogen-bond acceptors (Lipinski definition) is 4. The molecule has 2 fully saturated rings. The normalized spacial score (nSPS) is 20.0. The van der Waals surface area contributed by atoms with Gasteiger partial charge in [0.2, 0.25) is 5.91 Å². The van der Waals surface area contributed by atoms with E-state index in [1.807, 2.05) is 30.0 Å². The van der Waals surface area contributed by atoms with Crippen LogP contribution in [0.25, 0.3) is 0 Å². The zero-order chi connectivity index (χ0) is 18.5. The second-order valence-corrected chi connectivity index (χ2v) is 7.23. The lowest BCUT2D eigenvalue weighted by Gasteiger charge is -2.37. The van der Waals surface area contributed by atoms with Crippen LogP contribution in [0.3, 0.4) is 0 Å². The molecule has 1 aromatic carbocycles. The summed E-state index contributed by atoms with van der Waals surface area (Å²) in [5.41, 5.74) is 0.643. The average molecular weight is 359 g/mol. The fourth-order valence-electron chi connectivity index (χ4n) is 3.81. The summed E-state index contributed by atoms with van der Waals surface area (Å²) in [4.78, 5) is 29.2. The quantitative estimate of drug-likeness (QED) is 0.872. The van der Waals surface area contributed by atoms with Crippen molar-refractivity contribution in [2.75, 3.05) is 33.3 Å². The van der Waals surface area contributed by atoms with Crippen molar-refractivity contribution in [3.63, 3.8) is 0 Å². The van der Waals surface area contributed by atoms with Gasteiger partial charge in [-0.25, -0.2) is 0 Å². The highest BCUT2D eigenvalue weighted by atomic mass is 16.5. The van der Waals surface area contributed by atoms with Gasteiger partial charge >= 0.3 is 0 Å². The van der Waals surface area contributed by atoms with Gasteiger partial charge in [0.1, 0.15) is 5.75 Å². The Morgan fingerprint density at radius 1 is 1.15 bits per heavy atom. The lowest BCUT2D eigenvalue weighted by atomic mass is 10.1. The SMILES string of the molecule is COc1cccc(C(=O)N2CCN(C(C)C(=O)NC3CCCC3)CC2)c1. The molecule has 1 aliphatic heterocycles. The number of hydrogen-bond donors (Lipinski definition) is 1. The summed E-state index contributed by atoms with van der Waals surface area (Å²) in [5.74, 6) is 0.822. The Bertz CT molecular complexity index is 635. The first-order valence-electron chi connectivity index (χ1n) is 9.56. The molecule has 26 heavy (non-hydrogen) atoms. The number of methoxy groups -OCH3 is 1. The van der Waals surface area contributed by atoms with Gasteiger partial charge in [0.25, 0.3) is 5.91 Å². The largest absolute Gasteiger partial charge is 0.497 e. The minimum atomic E-state index is -0.148. The Morgan fingerprint density at radius 3 is 2.50 bits per heavy atom. The van der Waals surface area contributed by atoms with E-state index in [1.165, 1.54) is 12.8 Å². The van der Waals surface area contributed by atoms with E-state index in [0.29, 0.717) is 30.4 Å². The molecule has 142 valence electrons. The molecule has 3 rings (SSSR count). The van der Waals surface area contributed by atoms with Crippen molar-refractivity contribution in [3.8, 4) is 5.75 Å². The second kappa shape index (κ2) is 8.54. The van der Waals surface area contributed by atoms with Gasteiger partial charge in [0.15, 0.2) is 0 Å². The van der Waals surface area contributed by atoms with Crippen molar-refractivity contribution >= 4 is 11.8 Å². The first kappa shape index (κ1) is 18.7. The molecule has 1 atom stereocenters. The van der Waals surface area contributed by atoms with Gasteiger partial charge in [-0.3, -0.25) is 14.5 Å². The van der Waals surface area contributed by atoms with Crippen LogP contribution in [0.2, 0.25) is 0 Å². The zero-order valence-corrected chi connectivity index (χ0v) is 15.7. The van der Waals surface area contributed by atoms with Crippen molar-refractivity contribution in [2.45, 2.75) is 44.7 Å². The second-order valence-electron chi connectivity index (χ2n) is 7.23. The first-order chi connectivity index (χ1) is 12.6. The third kappa shape index (κ3) is 4.36. The molecule has 1 unspecified atom stereocenters. The summed E-state index contributed by atoms with van der Waals surface area (Å²) in [5, 5.41) is 3.17. The molecule has 1 aliphatic carbocycles. The van der Waals surface area contributed by atoms with Crippen LogP contribution in [0, 0.1) is 0 Å².